The van der Waals surface area contributed by atoms with Crippen LogP contribution >= 0.6 is 12.4 Å². The first kappa shape index (κ1) is 25.6. The molecule has 3 fully saturated rings. The third kappa shape index (κ3) is 5.54. The van der Waals surface area contributed by atoms with E-state index < -0.39 is 4.92 Å². The molecule has 1 saturated heterocycles. The van der Waals surface area contributed by atoms with Gasteiger partial charge in [0.15, 0.2) is 0 Å². The Labute approximate surface area is 201 Å². The number of fused-ring (bicyclic) bond motifs is 2. The fraction of sp³-hybridized carbons (Fsp3) is 0.708. The number of hydrogen-bond acceptors (Lipinski definition) is 6. The summed E-state index contributed by atoms with van der Waals surface area (Å²) in [4.78, 5) is 26.8. The highest BCUT2D eigenvalue weighted by molar-refractivity contribution is 5.98. The number of carbonyl (C=O) groups excluding carboxylic acids is 1. The fourth-order valence-electron chi connectivity index (χ4n) is 6.06. The molecule has 33 heavy (non-hydrogen) atoms. The number of ether oxygens (including phenoxy) is 2. The number of methoxy groups -OCH3 is 1. The van der Waals surface area contributed by atoms with Gasteiger partial charge in [-0.05, 0) is 57.8 Å². The Balaban J connectivity index is 0.00000306. The Bertz CT molecular complexity index is 843. The SMILES string of the molecule is COc1cc(OC(C)C)c([N+](=O)[O-])cc1C(=O)N[C@H]1CCN(C2C3CCCC2CCC3)C1.Cl. The topological polar surface area (TPSA) is 93.9 Å². The van der Waals surface area contributed by atoms with Crippen LogP contribution in [-0.4, -0.2) is 54.1 Å². The van der Waals surface area contributed by atoms with Crippen molar-refractivity contribution in [3.05, 3.63) is 27.8 Å². The number of nitrogens with zero attached hydrogens (tertiary/aromatic N) is 2. The van der Waals surface area contributed by atoms with Gasteiger partial charge in [-0.25, -0.2) is 0 Å². The normalized spacial score (nSPS) is 27.0. The number of carbonyl (C=O) groups is 1. The second-order valence-corrected chi connectivity index (χ2v) is 9.77. The molecule has 3 aliphatic rings. The molecule has 1 aromatic carbocycles. The highest BCUT2D eigenvalue weighted by Gasteiger charge is 2.42. The molecule has 0 unspecified atom stereocenters. The highest BCUT2D eigenvalue weighted by Crippen LogP contribution is 2.43. The molecule has 2 bridgehead atoms. The Morgan fingerprint density at radius 1 is 1.12 bits per heavy atom. The van der Waals surface area contributed by atoms with Gasteiger partial charge in [-0.15, -0.1) is 12.4 Å². The van der Waals surface area contributed by atoms with Crippen LogP contribution < -0.4 is 14.8 Å². The van der Waals surface area contributed by atoms with Gasteiger partial charge in [0, 0.05) is 37.3 Å². The van der Waals surface area contributed by atoms with Gasteiger partial charge in [-0.2, -0.15) is 0 Å². The number of nitrogens with one attached hydrogen (secondary N) is 1. The number of amides is 1. The van der Waals surface area contributed by atoms with Crippen LogP contribution in [0.3, 0.4) is 0 Å². The molecule has 9 heteroatoms. The summed E-state index contributed by atoms with van der Waals surface area (Å²) < 4.78 is 11.0. The van der Waals surface area contributed by atoms with E-state index in [1.54, 1.807) is 13.8 Å². The van der Waals surface area contributed by atoms with Crippen LogP contribution in [0.5, 0.6) is 11.5 Å². The van der Waals surface area contributed by atoms with Crippen molar-refractivity contribution in [1.82, 2.24) is 10.2 Å². The van der Waals surface area contributed by atoms with Crippen molar-refractivity contribution in [2.45, 2.75) is 77.0 Å². The molecular formula is C24H36ClN3O5. The van der Waals surface area contributed by atoms with Gasteiger partial charge in [-0.3, -0.25) is 19.8 Å². The Kier molecular flexibility index (Phi) is 8.45. The molecule has 0 spiro atoms. The first-order valence-electron chi connectivity index (χ1n) is 11.9. The van der Waals surface area contributed by atoms with Crippen LogP contribution in [0.2, 0.25) is 0 Å². The fourth-order valence-corrected chi connectivity index (χ4v) is 6.06. The van der Waals surface area contributed by atoms with Crippen LogP contribution in [0.1, 0.15) is 69.2 Å². The minimum Gasteiger partial charge on any atom is -0.496 e. The van der Waals surface area contributed by atoms with Gasteiger partial charge in [0.2, 0.25) is 5.75 Å². The number of benzene rings is 1. The highest BCUT2D eigenvalue weighted by atomic mass is 35.5. The number of nitro benzene ring substituents is 1. The summed E-state index contributed by atoms with van der Waals surface area (Å²) in [5.41, 5.74) is -0.0592. The average Bonchev–Trinajstić information content (AvgIpc) is 3.20. The van der Waals surface area contributed by atoms with Gasteiger partial charge in [-0.1, -0.05) is 12.8 Å². The lowest BCUT2D eigenvalue weighted by atomic mass is 9.68. The van der Waals surface area contributed by atoms with Crippen molar-refractivity contribution in [3.8, 4) is 11.5 Å². The van der Waals surface area contributed by atoms with Crippen LogP contribution in [-0.2, 0) is 0 Å². The van der Waals surface area contributed by atoms with Crippen molar-refractivity contribution in [3.63, 3.8) is 0 Å². The van der Waals surface area contributed by atoms with Crippen molar-refractivity contribution >= 4 is 24.0 Å². The molecule has 1 aliphatic heterocycles. The van der Waals surface area contributed by atoms with E-state index in [2.05, 4.69) is 10.2 Å². The van der Waals surface area contributed by atoms with E-state index in [-0.39, 0.29) is 53.2 Å². The summed E-state index contributed by atoms with van der Waals surface area (Å²) >= 11 is 0. The molecule has 8 nitrogen and oxygen atoms in total. The molecule has 0 radical (unpaired) electrons. The monoisotopic (exact) mass is 481 g/mol. The molecule has 1 aromatic rings. The summed E-state index contributed by atoms with van der Waals surface area (Å²) in [7, 11) is 1.45. The maximum atomic E-state index is 13.1. The van der Waals surface area contributed by atoms with Gasteiger partial charge < -0.3 is 14.8 Å². The van der Waals surface area contributed by atoms with E-state index in [1.165, 1.54) is 57.8 Å². The Morgan fingerprint density at radius 2 is 1.76 bits per heavy atom. The first-order valence-corrected chi connectivity index (χ1v) is 11.9. The molecule has 4 rings (SSSR count). The third-order valence-corrected chi connectivity index (χ3v) is 7.33. The van der Waals surface area contributed by atoms with Crippen molar-refractivity contribution < 1.29 is 19.2 Å². The quantitative estimate of drug-likeness (QED) is 0.452. The average molecular weight is 482 g/mol. The number of nitro groups is 1. The molecule has 1 atom stereocenters. The van der Waals surface area contributed by atoms with Crippen molar-refractivity contribution in [2.75, 3.05) is 20.2 Å². The zero-order valence-electron chi connectivity index (χ0n) is 19.7. The molecule has 2 saturated carbocycles. The van der Waals surface area contributed by atoms with Gasteiger partial charge >= 0.3 is 5.69 Å². The largest absolute Gasteiger partial charge is 0.496 e. The second-order valence-electron chi connectivity index (χ2n) is 9.77. The van der Waals surface area contributed by atoms with E-state index in [0.29, 0.717) is 6.04 Å². The second kappa shape index (κ2) is 10.9. The Hall–Kier alpha value is -2.06. The standard InChI is InChI=1S/C24H35N3O5.ClH/c1-15(2)32-22-13-21(31-3)19(12-20(22)27(29)30)24(28)25-18-10-11-26(14-18)23-16-6-4-7-17(23)9-5-8-16;/h12-13,15-18,23H,4-11,14H2,1-3H3,(H,25,28);1H/t16?,17?,18-,23?;/m0./s1. The number of hydrogen-bond donors (Lipinski definition) is 1. The van der Waals surface area contributed by atoms with E-state index in [1.807, 2.05) is 0 Å². The molecular weight excluding hydrogens is 446 g/mol. The molecule has 2 aliphatic carbocycles. The molecule has 1 amide bonds. The lowest BCUT2D eigenvalue weighted by molar-refractivity contribution is -0.386. The maximum Gasteiger partial charge on any atom is 0.312 e. The smallest absolute Gasteiger partial charge is 0.312 e. The molecule has 184 valence electrons. The number of rotatable bonds is 7. The summed E-state index contributed by atoms with van der Waals surface area (Å²) in [5, 5.41) is 14.7. The van der Waals surface area contributed by atoms with Crippen LogP contribution in [0.4, 0.5) is 5.69 Å². The molecule has 1 heterocycles. The van der Waals surface area contributed by atoms with Gasteiger partial charge in [0.1, 0.15) is 5.75 Å². The molecule has 0 aromatic heterocycles. The van der Waals surface area contributed by atoms with Gasteiger partial charge in [0.05, 0.1) is 23.7 Å². The summed E-state index contributed by atoms with van der Waals surface area (Å²) in [6.07, 6.45) is 8.72. The Morgan fingerprint density at radius 3 is 2.30 bits per heavy atom. The maximum absolute atomic E-state index is 13.1. The first-order chi connectivity index (χ1) is 15.4. The third-order valence-electron chi connectivity index (χ3n) is 7.33. The van der Waals surface area contributed by atoms with Crippen LogP contribution in [0, 0.1) is 22.0 Å². The van der Waals surface area contributed by atoms with Crippen LogP contribution in [0.15, 0.2) is 12.1 Å². The predicted octanol–water partition coefficient (Wildman–Crippen LogP) is 4.59. The van der Waals surface area contributed by atoms with Gasteiger partial charge in [0.25, 0.3) is 5.91 Å². The van der Waals surface area contributed by atoms with Crippen molar-refractivity contribution in [1.29, 1.82) is 0 Å². The minimum absolute atomic E-state index is 0. The zero-order valence-corrected chi connectivity index (χ0v) is 20.6. The summed E-state index contributed by atoms with van der Waals surface area (Å²) in [5.74, 6) is 1.65. The summed E-state index contributed by atoms with van der Waals surface area (Å²) in [6.45, 7) is 5.44. The van der Waals surface area contributed by atoms with E-state index in [0.717, 1.165) is 31.3 Å². The summed E-state index contributed by atoms with van der Waals surface area (Å²) in [6, 6.07) is 3.41. The minimum atomic E-state index is -0.521. The lowest BCUT2D eigenvalue weighted by Crippen LogP contribution is -2.50. The number of halogens is 1. The van der Waals surface area contributed by atoms with E-state index >= 15 is 0 Å². The van der Waals surface area contributed by atoms with Crippen LogP contribution in [0.25, 0.3) is 0 Å². The van der Waals surface area contributed by atoms with E-state index in [4.69, 9.17) is 9.47 Å². The molecule has 1 N–H and O–H groups in total. The van der Waals surface area contributed by atoms with E-state index in [9.17, 15) is 14.9 Å². The predicted molar refractivity (Wildman–Crippen MR) is 129 cm³/mol. The van der Waals surface area contributed by atoms with Crippen molar-refractivity contribution in [2.24, 2.45) is 11.8 Å². The lowest BCUT2D eigenvalue weighted by Gasteiger charge is -2.47. The zero-order chi connectivity index (χ0) is 22.8. The number of likely N-dealkylation sites (tertiary alicyclic amines) is 1.